The predicted octanol–water partition coefficient (Wildman–Crippen LogP) is 3.29. The first-order chi connectivity index (χ1) is 16.0. The first-order valence-corrected chi connectivity index (χ1v) is 10.6. The molecule has 6 nitrogen and oxygen atoms in total. The van der Waals surface area contributed by atoms with E-state index in [9.17, 15) is 0 Å². The van der Waals surface area contributed by atoms with Crippen LogP contribution in [0.3, 0.4) is 0 Å². The number of hydrogen-bond acceptors (Lipinski definition) is 4. The second kappa shape index (κ2) is 9.30. The van der Waals surface area contributed by atoms with E-state index >= 15 is 5.11 Å². The van der Waals surface area contributed by atoms with Gasteiger partial charge in [0.15, 0.2) is 0 Å². The summed E-state index contributed by atoms with van der Waals surface area (Å²) in [5.74, 6) is 1.86. The second-order valence-electron chi connectivity index (χ2n) is 7.78. The van der Waals surface area contributed by atoms with Crippen LogP contribution in [-0.2, 0) is 19.7 Å². The molecule has 0 spiro atoms. The van der Waals surface area contributed by atoms with E-state index in [1.54, 1.807) is 20.3 Å². The number of imidazole rings is 1. The second-order valence-corrected chi connectivity index (χ2v) is 7.78. The Morgan fingerprint density at radius 1 is 0.909 bits per heavy atom. The van der Waals surface area contributed by atoms with Gasteiger partial charge in [0, 0.05) is 0 Å². The Hall–Kier alpha value is -3.90. The summed E-state index contributed by atoms with van der Waals surface area (Å²) in [7, 11) is 6.95. The topological polar surface area (TPSA) is 62.7 Å². The summed E-state index contributed by atoms with van der Waals surface area (Å²) in [6.45, 7) is 0. The molecule has 3 aromatic carbocycles. The molecular formula is C27H27N3O3. The van der Waals surface area contributed by atoms with Gasteiger partial charge >= 0.3 is 0 Å². The van der Waals surface area contributed by atoms with Crippen LogP contribution >= 0.6 is 0 Å². The van der Waals surface area contributed by atoms with Crippen molar-refractivity contribution in [2.24, 2.45) is 19.1 Å². The predicted molar refractivity (Wildman–Crippen MR) is 126 cm³/mol. The Kier molecular flexibility index (Phi) is 6.29. The standard InChI is InChI=1S/C27H27N3O3/c1-29-17-18-30(2)26(29)27(31,21-9-8-12-24(19-21)33-4)25(28-22-10-6-5-7-11-22)20-13-15-23(32-3)16-14-20/h5-19H,1-4H3. The molecule has 4 aromatic rings. The molecule has 0 amide bonds. The van der Waals surface area contributed by atoms with E-state index in [1.807, 2.05) is 108 Å². The number of para-hydroxylation sites is 1. The van der Waals surface area contributed by atoms with Crippen molar-refractivity contribution in [1.82, 2.24) is 4.57 Å². The Morgan fingerprint density at radius 3 is 2.21 bits per heavy atom. The zero-order chi connectivity index (χ0) is 23.4. The van der Waals surface area contributed by atoms with Gasteiger partial charge in [0.1, 0.15) is 23.9 Å². The molecule has 0 aliphatic rings. The SMILES string of the molecule is COc1ccc(C(=Nc2ccccc2)C([O-])(c2cccc(OC)c2)c2n(C)cc[n+]2C)cc1. The van der Waals surface area contributed by atoms with Gasteiger partial charge in [-0.2, -0.15) is 0 Å². The monoisotopic (exact) mass is 441 g/mol. The molecule has 0 aliphatic carbocycles. The lowest BCUT2D eigenvalue weighted by molar-refractivity contribution is -0.696. The van der Waals surface area contributed by atoms with E-state index < -0.39 is 5.60 Å². The van der Waals surface area contributed by atoms with Crippen molar-refractivity contribution < 1.29 is 19.1 Å². The molecule has 4 rings (SSSR count). The highest BCUT2D eigenvalue weighted by Crippen LogP contribution is 2.33. The molecule has 1 heterocycles. The smallest absolute Gasteiger partial charge is 0.256 e. The van der Waals surface area contributed by atoms with E-state index in [0.29, 0.717) is 39.8 Å². The van der Waals surface area contributed by atoms with Gasteiger partial charge in [-0.25, -0.2) is 9.13 Å². The lowest BCUT2D eigenvalue weighted by Gasteiger charge is -2.39. The summed E-state index contributed by atoms with van der Waals surface area (Å²) in [6, 6.07) is 24.2. The normalized spacial score (nSPS) is 13.4. The fraction of sp³-hybridized carbons (Fsp3) is 0.185. The number of aliphatic imine (C=N–C) groups is 1. The molecule has 0 radical (unpaired) electrons. The Morgan fingerprint density at radius 2 is 1.61 bits per heavy atom. The molecule has 33 heavy (non-hydrogen) atoms. The van der Waals surface area contributed by atoms with Gasteiger partial charge in [0.25, 0.3) is 5.82 Å². The van der Waals surface area contributed by atoms with Crippen molar-refractivity contribution in [3.63, 3.8) is 0 Å². The summed E-state index contributed by atoms with van der Waals surface area (Å²) in [6.07, 6.45) is 3.74. The van der Waals surface area contributed by atoms with Gasteiger partial charge in [0.2, 0.25) is 0 Å². The van der Waals surface area contributed by atoms with Crippen molar-refractivity contribution in [2.45, 2.75) is 5.60 Å². The first-order valence-electron chi connectivity index (χ1n) is 10.6. The van der Waals surface area contributed by atoms with Crippen molar-refractivity contribution in [2.75, 3.05) is 14.2 Å². The van der Waals surface area contributed by atoms with E-state index in [2.05, 4.69) is 0 Å². The number of aryl methyl sites for hydroxylation is 2. The lowest BCUT2D eigenvalue weighted by atomic mass is 9.83. The van der Waals surface area contributed by atoms with E-state index in [0.717, 1.165) is 0 Å². The van der Waals surface area contributed by atoms with Crippen LogP contribution in [0.25, 0.3) is 0 Å². The first kappa shape index (κ1) is 22.3. The molecule has 1 aromatic heterocycles. The number of benzene rings is 3. The van der Waals surface area contributed by atoms with Crippen molar-refractivity contribution >= 4 is 11.4 Å². The van der Waals surface area contributed by atoms with Gasteiger partial charge in [-0.15, -0.1) is 0 Å². The molecule has 0 N–H and O–H groups in total. The minimum Gasteiger partial charge on any atom is -0.832 e. The van der Waals surface area contributed by atoms with Crippen LogP contribution in [-0.4, -0.2) is 24.5 Å². The largest absolute Gasteiger partial charge is 0.832 e. The number of nitrogens with zero attached hydrogens (tertiary/aromatic N) is 3. The molecule has 0 saturated heterocycles. The number of hydrogen-bond donors (Lipinski definition) is 0. The summed E-state index contributed by atoms with van der Waals surface area (Å²) in [4.78, 5) is 4.92. The van der Waals surface area contributed by atoms with Crippen LogP contribution < -0.4 is 19.1 Å². The van der Waals surface area contributed by atoms with Crippen LogP contribution in [0.5, 0.6) is 11.5 Å². The van der Waals surface area contributed by atoms with E-state index in [-0.39, 0.29) is 0 Å². The number of methoxy groups -OCH3 is 2. The zero-order valence-electron chi connectivity index (χ0n) is 19.2. The minimum absolute atomic E-state index is 0.377. The third-order valence-corrected chi connectivity index (χ3v) is 5.67. The third kappa shape index (κ3) is 4.25. The van der Waals surface area contributed by atoms with Crippen molar-refractivity contribution in [1.29, 1.82) is 0 Å². The maximum Gasteiger partial charge on any atom is 0.256 e. The van der Waals surface area contributed by atoms with Gasteiger partial charge < -0.3 is 14.6 Å². The summed E-state index contributed by atoms with van der Waals surface area (Å²) in [5, 5.41) is 15.3. The maximum absolute atomic E-state index is 15.3. The molecule has 6 heteroatoms. The highest BCUT2D eigenvalue weighted by Gasteiger charge is 2.39. The molecule has 0 bridgehead atoms. The average Bonchev–Trinajstić information content (AvgIpc) is 3.21. The number of aromatic nitrogens is 2. The minimum atomic E-state index is -1.84. The highest BCUT2D eigenvalue weighted by molar-refractivity contribution is 6.09. The van der Waals surface area contributed by atoms with Gasteiger partial charge in [-0.1, -0.05) is 30.3 Å². The van der Waals surface area contributed by atoms with Crippen molar-refractivity contribution in [3.05, 3.63) is 108 Å². The van der Waals surface area contributed by atoms with Crippen LogP contribution in [0.2, 0.25) is 0 Å². The van der Waals surface area contributed by atoms with Gasteiger partial charge in [-0.05, 0) is 59.7 Å². The Labute approximate surface area is 194 Å². The maximum atomic E-state index is 15.3. The number of rotatable bonds is 7. The van der Waals surface area contributed by atoms with Crippen LogP contribution in [0.4, 0.5) is 5.69 Å². The number of ether oxygens (including phenoxy) is 2. The van der Waals surface area contributed by atoms with Crippen molar-refractivity contribution in [3.8, 4) is 11.5 Å². The fourth-order valence-electron chi connectivity index (χ4n) is 4.03. The molecule has 0 aliphatic heterocycles. The van der Waals surface area contributed by atoms with E-state index in [1.165, 1.54) is 0 Å². The summed E-state index contributed by atoms with van der Waals surface area (Å²) < 4.78 is 14.5. The molecule has 1 atom stereocenters. The fourth-order valence-corrected chi connectivity index (χ4v) is 4.03. The van der Waals surface area contributed by atoms with Gasteiger partial charge in [-0.3, -0.25) is 4.99 Å². The summed E-state index contributed by atoms with van der Waals surface area (Å²) in [5.41, 5.74) is 0.472. The van der Waals surface area contributed by atoms with Crippen LogP contribution in [0.1, 0.15) is 17.0 Å². The van der Waals surface area contributed by atoms with Gasteiger partial charge in [0.05, 0.1) is 45.3 Å². The lowest BCUT2D eigenvalue weighted by Crippen LogP contribution is -2.57. The average molecular weight is 442 g/mol. The molecular weight excluding hydrogens is 414 g/mol. The zero-order valence-corrected chi connectivity index (χ0v) is 19.2. The Bertz CT molecular complexity index is 1240. The summed E-state index contributed by atoms with van der Waals surface area (Å²) >= 11 is 0. The molecule has 0 fully saturated rings. The highest BCUT2D eigenvalue weighted by atomic mass is 16.5. The Balaban J connectivity index is 2.06. The van der Waals surface area contributed by atoms with Crippen LogP contribution in [0, 0.1) is 0 Å². The third-order valence-electron chi connectivity index (χ3n) is 5.67. The van der Waals surface area contributed by atoms with E-state index in [4.69, 9.17) is 14.5 Å². The molecule has 168 valence electrons. The molecule has 0 saturated carbocycles. The quantitative estimate of drug-likeness (QED) is 0.327. The van der Waals surface area contributed by atoms with Crippen LogP contribution in [0.15, 0.2) is 96.2 Å². The molecule has 1 unspecified atom stereocenters.